The van der Waals surface area contributed by atoms with E-state index in [-0.39, 0.29) is 36.6 Å². The molecule has 2 aliphatic carbocycles. The average Bonchev–Trinajstić information content (AvgIpc) is 3.54. The van der Waals surface area contributed by atoms with E-state index in [1.807, 2.05) is 12.1 Å². The van der Waals surface area contributed by atoms with E-state index in [0.29, 0.717) is 12.0 Å². The van der Waals surface area contributed by atoms with E-state index in [9.17, 15) is 32.8 Å². The predicted octanol–water partition coefficient (Wildman–Crippen LogP) is 3.77. The summed E-state index contributed by atoms with van der Waals surface area (Å²) in [6.07, 6.45) is 0.770. The Balaban J connectivity index is 1.49. The van der Waals surface area contributed by atoms with Crippen molar-refractivity contribution in [2.24, 2.45) is 0 Å². The van der Waals surface area contributed by atoms with Crippen molar-refractivity contribution in [2.45, 2.75) is 62.1 Å². The molecule has 12 heteroatoms. The van der Waals surface area contributed by atoms with E-state index in [1.165, 1.54) is 35.4 Å². The molecule has 42 heavy (non-hydrogen) atoms. The number of anilines is 2. The van der Waals surface area contributed by atoms with Crippen LogP contribution in [0.4, 0.5) is 24.8 Å². The van der Waals surface area contributed by atoms with Crippen LogP contribution in [0, 0.1) is 17.1 Å². The minimum absolute atomic E-state index is 0.00856. The molecule has 0 bridgehead atoms. The third-order valence-electron chi connectivity index (χ3n) is 8.16. The smallest absolute Gasteiger partial charge is 0.252 e. The van der Waals surface area contributed by atoms with Crippen molar-refractivity contribution in [1.82, 2.24) is 15.3 Å². The molecule has 2 heterocycles. The first-order valence-corrected chi connectivity index (χ1v) is 13.5. The quantitative estimate of drug-likeness (QED) is 0.479. The molecule has 2 atom stereocenters. The lowest BCUT2D eigenvalue weighted by atomic mass is 9.83. The zero-order valence-electron chi connectivity index (χ0n) is 22.3. The molecule has 1 aliphatic heterocycles. The Morgan fingerprint density at radius 2 is 1.88 bits per heavy atom. The Kier molecular flexibility index (Phi) is 6.68. The highest BCUT2D eigenvalue weighted by Gasteiger charge is 2.57. The monoisotopic (exact) mass is 574 g/mol. The number of aryl methyl sites for hydroxylation is 1. The number of carbonyl (C=O) groups is 3. The van der Waals surface area contributed by atoms with Crippen LogP contribution in [0.15, 0.2) is 60.8 Å². The molecular formula is C30H25F3N6O3. The first-order valence-electron chi connectivity index (χ1n) is 13.5. The second kappa shape index (κ2) is 10.2. The largest absolute Gasteiger partial charge is 0.351 e. The molecule has 0 spiro atoms. The Hall–Kier alpha value is -4.79. The number of hydrogen-bond donors (Lipinski definition) is 1. The number of fused-ring (bicyclic) bond motifs is 1. The minimum Gasteiger partial charge on any atom is -0.351 e. The van der Waals surface area contributed by atoms with Gasteiger partial charge in [-0.05, 0) is 54.7 Å². The SMILES string of the molecule is N#Cc1ccnc(N2C(=O)CC[C@H]2C(=O)N(c2cccc(F)c2)C2(C(=O)NC3CC(F)(F)C3)CCc3ccccc32)n1. The van der Waals surface area contributed by atoms with Gasteiger partial charge in [0, 0.05) is 37.2 Å². The Morgan fingerprint density at radius 1 is 1.10 bits per heavy atom. The number of carbonyl (C=O) groups excluding carboxylic acids is 3. The second-order valence-electron chi connectivity index (χ2n) is 10.8. The molecule has 3 amide bonds. The molecule has 0 radical (unpaired) electrons. The van der Waals surface area contributed by atoms with Gasteiger partial charge in [-0.2, -0.15) is 5.26 Å². The zero-order valence-corrected chi connectivity index (χ0v) is 22.3. The molecule has 2 fully saturated rings. The average molecular weight is 575 g/mol. The first kappa shape index (κ1) is 27.4. The molecule has 1 saturated heterocycles. The maximum atomic E-state index is 14.7. The highest BCUT2D eigenvalue weighted by molar-refractivity contribution is 6.12. The summed E-state index contributed by atoms with van der Waals surface area (Å²) in [4.78, 5) is 52.6. The summed E-state index contributed by atoms with van der Waals surface area (Å²) in [5.41, 5.74) is -0.392. The summed E-state index contributed by atoms with van der Waals surface area (Å²) >= 11 is 0. The van der Waals surface area contributed by atoms with E-state index >= 15 is 0 Å². The summed E-state index contributed by atoms with van der Waals surface area (Å²) in [7, 11) is 0. The topological polar surface area (TPSA) is 119 Å². The van der Waals surface area contributed by atoms with Crippen LogP contribution in [0.5, 0.6) is 0 Å². The highest BCUT2D eigenvalue weighted by atomic mass is 19.3. The van der Waals surface area contributed by atoms with E-state index < -0.39 is 59.9 Å². The van der Waals surface area contributed by atoms with Crippen molar-refractivity contribution >= 4 is 29.4 Å². The van der Waals surface area contributed by atoms with Crippen molar-refractivity contribution in [2.75, 3.05) is 9.80 Å². The predicted molar refractivity (Wildman–Crippen MR) is 144 cm³/mol. The molecule has 1 aromatic heterocycles. The van der Waals surface area contributed by atoms with Crippen LogP contribution < -0.4 is 15.1 Å². The van der Waals surface area contributed by atoms with Crippen molar-refractivity contribution in [3.63, 3.8) is 0 Å². The minimum atomic E-state index is -2.89. The van der Waals surface area contributed by atoms with Crippen LogP contribution in [-0.2, 0) is 26.3 Å². The van der Waals surface area contributed by atoms with Gasteiger partial charge in [0.2, 0.25) is 11.9 Å². The molecule has 1 saturated carbocycles. The van der Waals surface area contributed by atoms with Crippen LogP contribution in [0.3, 0.4) is 0 Å². The number of benzene rings is 2. The maximum Gasteiger partial charge on any atom is 0.252 e. The number of nitriles is 1. The summed E-state index contributed by atoms with van der Waals surface area (Å²) in [5.74, 6) is -5.50. The van der Waals surface area contributed by atoms with Gasteiger partial charge in [-0.3, -0.25) is 24.2 Å². The number of rotatable bonds is 6. The zero-order chi connectivity index (χ0) is 29.6. The number of hydrogen-bond acceptors (Lipinski definition) is 6. The first-order chi connectivity index (χ1) is 20.1. The number of nitrogens with zero attached hydrogens (tertiary/aromatic N) is 5. The van der Waals surface area contributed by atoms with Gasteiger partial charge in [-0.25, -0.2) is 23.1 Å². The van der Waals surface area contributed by atoms with Gasteiger partial charge in [-0.15, -0.1) is 0 Å². The lowest BCUT2D eigenvalue weighted by molar-refractivity contribution is -0.137. The van der Waals surface area contributed by atoms with Crippen LogP contribution in [0.2, 0.25) is 0 Å². The third kappa shape index (κ3) is 4.55. The number of halogens is 3. The number of nitrogens with one attached hydrogen (secondary N) is 1. The van der Waals surface area contributed by atoms with Gasteiger partial charge in [0.05, 0.1) is 0 Å². The second-order valence-corrected chi connectivity index (χ2v) is 10.8. The van der Waals surface area contributed by atoms with Gasteiger partial charge in [0.25, 0.3) is 17.7 Å². The third-order valence-corrected chi connectivity index (χ3v) is 8.16. The summed E-state index contributed by atoms with van der Waals surface area (Å²) in [5, 5.41) is 12.0. The molecular weight excluding hydrogens is 549 g/mol. The van der Waals surface area contributed by atoms with Gasteiger partial charge in [0.15, 0.2) is 5.54 Å². The van der Waals surface area contributed by atoms with Crippen LogP contribution in [0.25, 0.3) is 0 Å². The van der Waals surface area contributed by atoms with Crippen molar-refractivity contribution in [3.8, 4) is 6.07 Å². The fourth-order valence-electron chi connectivity index (χ4n) is 6.22. The number of amides is 3. The van der Waals surface area contributed by atoms with Crippen molar-refractivity contribution in [1.29, 1.82) is 5.26 Å². The Morgan fingerprint density at radius 3 is 2.62 bits per heavy atom. The van der Waals surface area contributed by atoms with Crippen molar-refractivity contribution in [3.05, 3.63) is 83.4 Å². The normalized spacial score (nSPS) is 22.7. The number of alkyl halides is 2. The molecule has 214 valence electrons. The fraction of sp³-hybridized carbons (Fsp3) is 0.333. The maximum absolute atomic E-state index is 14.7. The summed E-state index contributed by atoms with van der Waals surface area (Å²) in [6, 6.07) is 13.5. The molecule has 3 aromatic rings. The lowest BCUT2D eigenvalue weighted by Gasteiger charge is -2.44. The molecule has 1 unspecified atom stereocenters. The molecule has 9 nitrogen and oxygen atoms in total. The molecule has 2 aromatic carbocycles. The van der Waals surface area contributed by atoms with Gasteiger partial charge in [0.1, 0.15) is 23.6 Å². The molecule has 6 rings (SSSR count). The van der Waals surface area contributed by atoms with Crippen molar-refractivity contribution < 1.29 is 27.6 Å². The van der Waals surface area contributed by atoms with Crippen LogP contribution in [0.1, 0.15) is 48.9 Å². The summed E-state index contributed by atoms with van der Waals surface area (Å²) in [6.45, 7) is 0. The lowest BCUT2D eigenvalue weighted by Crippen LogP contribution is -2.64. The highest BCUT2D eigenvalue weighted by Crippen LogP contribution is 2.47. The van der Waals surface area contributed by atoms with Gasteiger partial charge in [-0.1, -0.05) is 30.3 Å². The van der Waals surface area contributed by atoms with E-state index in [1.54, 1.807) is 18.2 Å². The van der Waals surface area contributed by atoms with Gasteiger partial charge >= 0.3 is 0 Å². The summed E-state index contributed by atoms with van der Waals surface area (Å²) < 4.78 is 42.1. The van der Waals surface area contributed by atoms with Crippen LogP contribution in [-0.4, -0.2) is 45.7 Å². The van der Waals surface area contributed by atoms with E-state index in [4.69, 9.17) is 0 Å². The van der Waals surface area contributed by atoms with Crippen LogP contribution >= 0.6 is 0 Å². The molecule has 1 N–H and O–H groups in total. The Bertz CT molecular complexity index is 1630. The number of aromatic nitrogens is 2. The standard InChI is InChI=1S/C30H25F3N6O3/c31-19-5-3-6-22(14-19)39(26(41)24-8-9-25(40)38(24)28-35-13-11-20(17-34)37-28)30(12-10-18-4-1-2-7-23(18)30)27(42)36-21-15-29(32,33)16-21/h1-7,11,13-14,21,24H,8-10,12,15-16H2,(H,36,42)/t24-,30?/m0/s1. The van der Waals surface area contributed by atoms with Gasteiger partial charge < -0.3 is 5.32 Å². The fourth-order valence-corrected chi connectivity index (χ4v) is 6.22. The Labute approximate surface area is 239 Å². The van der Waals surface area contributed by atoms with E-state index in [0.717, 1.165) is 16.5 Å². The van der Waals surface area contributed by atoms with E-state index in [2.05, 4.69) is 15.3 Å². The molecule has 3 aliphatic rings.